The monoisotopic (exact) mass is 282 g/mol. The molecular weight excluding hydrogens is 271 g/mol. The average molecular weight is 282 g/mol. The highest BCUT2D eigenvalue weighted by Crippen LogP contribution is 2.16. The van der Waals surface area contributed by atoms with E-state index in [4.69, 9.17) is 0 Å². The zero-order valence-corrected chi connectivity index (χ0v) is 10.8. The highest BCUT2D eigenvalue weighted by molar-refractivity contribution is 7.92. The number of halogens is 1. The fraction of sp³-hybridized carbons (Fsp3) is 0.0833. The Labute approximate surface area is 109 Å². The summed E-state index contributed by atoms with van der Waals surface area (Å²) in [6, 6.07) is 6.25. The topological polar surface area (TPSA) is 79.0 Å². The van der Waals surface area contributed by atoms with Gasteiger partial charge in [0, 0.05) is 6.20 Å². The minimum absolute atomic E-state index is 0.0931. The molecule has 0 fully saturated rings. The summed E-state index contributed by atoms with van der Waals surface area (Å²) >= 11 is 0. The van der Waals surface area contributed by atoms with E-state index in [1.54, 1.807) is 0 Å². The van der Waals surface area contributed by atoms with Gasteiger partial charge in [-0.25, -0.2) is 12.8 Å². The molecule has 2 rings (SSSR count). The maximum absolute atomic E-state index is 13.1. The average Bonchev–Trinajstić information content (AvgIpc) is 2.35. The Morgan fingerprint density at radius 1 is 1.26 bits per heavy atom. The van der Waals surface area contributed by atoms with Gasteiger partial charge in [-0.05, 0) is 42.8 Å². The predicted molar refractivity (Wildman–Crippen MR) is 69.0 cm³/mol. The lowest BCUT2D eigenvalue weighted by molar-refractivity contribution is 0.598. The van der Waals surface area contributed by atoms with Gasteiger partial charge in [0.05, 0.1) is 4.90 Å². The Balaban J connectivity index is 2.41. The van der Waals surface area contributed by atoms with Crippen LogP contribution in [0.1, 0.15) is 5.56 Å². The molecule has 1 aromatic carbocycles. The predicted octanol–water partition coefficient (Wildman–Crippen LogP) is 1.62. The van der Waals surface area contributed by atoms with Crippen LogP contribution in [0.4, 0.5) is 10.1 Å². The van der Waals surface area contributed by atoms with Crippen molar-refractivity contribution >= 4 is 15.7 Å². The van der Waals surface area contributed by atoms with Gasteiger partial charge < -0.3 is 4.98 Å². The van der Waals surface area contributed by atoms with Crippen LogP contribution >= 0.6 is 0 Å². The summed E-state index contributed by atoms with van der Waals surface area (Å²) in [6.45, 7) is 1.46. The fourth-order valence-electron chi connectivity index (χ4n) is 1.49. The lowest BCUT2D eigenvalue weighted by atomic mass is 10.2. The summed E-state index contributed by atoms with van der Waals surface area (Å²) in [7, 11) is -3.91. The van der Waals surface area contributed by atoms with Gasteiger partial charge in [-0.2, -0.15) is 0 Å². The smallest absolute Gasteiger partial charge is 0.272 e. The number of benzene rings is 1. The first-order chi connectivity index (χ1) is 8.90. The van der Waals surface area contributed by atoms with E-state index in [0.29, 0.717) is 0 Å². The van der Waals surface area contributed by atoms with E-state index < -0.39 is 21.4 Å². The Bertz CT molecular complexity index is 769. The molecule has 0 aliphatic heterocycles. The van der Waals surface area contributed by atoms with Crippen molar-refractivity contribution in [3.05, 3.63) is 58.3 Å². The summed E-state index contributed by atoms with van der Waals surface area (Å²) in [5.74, 6) is -0.489. The number of nitrogens with one attached hydrogen (secondary N) is 2. The molecule has 0 saturated heterocycles. The van der Waals surface area contributed by atoms with Gasteiger partial charge in [-0.1, -0.05) is 0 Å². The molecule has 0 bridgehead atoms. The van der Waals surface area contributed by atoms with E-state index in [-0.39, 0.29) is 16.1 Å². The first kappa shape index (κ1) is 13.3. The number of H-pyrrole nitrogens is 1. The number of hydrogen-bond acceptors (Lipinski definition) is 3. The van der Waals surface area contributed by atoms with Gasteiger partial charge in [0.2, 0.25) is 0 Å². The van der Waals surface area contributed by atoms with Crippen LogP contribution in [0.15, 0.2) is 46.2 Å². The molecule has 0 radical (unpaired) electrons. The van der Waals surface area contributed by atoms with E-state index in [1.807, 2.05) is 0 Å². The molecule has 2 aromatic rings. The van der Waals surface area contributed by atoms with Gasteiger partial charge in [0.25, 0.3) is 15.6 Å². The van der Waals surface area contributed by atoms with Crippen LogP contribution in [0, 0.1) is 12.7 Å². The van der Waals surface area contributed by atoms with Crippen molar-refractivity contribution in [3.63, 3.8) is 0 Å². The highest BCUT2D eigenvalue weighted by Gasteiger charge is 2.16. The van der Waals surface area contributed by atoms with E-state index in [1.165, 1.54) is 31.3 Å². The minimum atomic E-state index is -3.91. The molecule has 1 aromatic heterocycles. The van der Waals surface area contributed by atoms with E-state index in [2.05, 4.69) is 9.71 Å². The molecule has 0 unspecified atom stereocenters. The Hall–Kier alpha value is -2.15. The van der Waals surface area contributed by atoms with Gasteiger partial charge in [-0.3, -0.25) is 9.52 Å². The number of aryl methyl sites for hydroxylation is 1. The molecular formula is C12H11FN2O3S. The molecule has 2 N–H and O–H groups in total. The first-order valence-electron chi connectivity index (χ1n) is 5.37. The maximum Gasteiger partial charge on any atom is 0.272 e. The van der Waals surface area contributed by atoms with Gasteiger partial charge >= 0.3 is 0 Å². The van der Waals surface area contributed by atoms with E-state index in [9.17, 15) is 17.6 Å². The summed E-state index contributed by atoms with van der Waals surface area (Å²) in [6.07, 6.45) is 1.39. The molecule has 7 heteroatoms. The van der Waals surface area contributed by atoms with Crippen molar-refractivity contribution in [1.29, 1.82) is 0 Å². The van der Waals surface area contributed by atoms with E-state index in [0.717, 1.165) is 12.1 Å². The third kappa shape index (κ3) is 2.82. The zero-order valence-electron chi connectivity index (χ0n) is 9.98. The quantitative estimate of drug-likeness (QED) is 0.898. The van der Waals surface area contributed by atoms with Crippen LogP contribution < -0.4 is 10.3 Å². The maximum atomic E-state index is 13.1. The van der Waals surface area contributed by atoms with Gasteiger partial charge in [0.15, 0.2) is 0 Å². The summed E-state index contributed by atoms with van der Waals surface area (Å²) in [5, 5.41) is 0. The van der Waals surface area contributed by atoms with Crippen molar-refractivity contribution in [2.75, 3.05) is 4.72 Å². The minimum Gasteiger partial charge on any atom is -0.327 e. The first-order valence-corrected chi connectivity index (χ1v) is 6.85. The third-order valence-corrected chi connectivity index (χ3v) is 3.87. The van der Waals surface area contributed by atoms with Gasteiger partial charge in [0.1, 0.15) is 11.5 Å². The zero-order chi connectivity index (χ0) is 14.0. The molecule has 0 saturated carbocycles. The summed E-state index contributed by atoms with van der Waals surface area (Å²) in [4.78, 5) is 13.7. The third-order valence-electron chi connectivity index (χ3n) is 2.50. The van der Waals surface area contributed by atoms with Crippen molar-refractivity contribution in [1.82, 2.24) is 4.98 Å². The standard InChI is InChI=1S/C12H11FN2O3S/c1-8-7-9(4-5-10(8)13)19(17,18)15-11-3-2-6-14-12(11)16/h2-7,15H,1H3,(H,14,16). The number of anilines is 1. The second-order valence-electron chi connectivity index (χ2n) is 3.93. The largest absolute Gasteiger partial charge is 0.327 e. The normalized spacial score (nSPS) is 11.3. The van der Waals surface area contributed by atoms with Gasteiger partial charge in [-0.15, -0.1) is 0 Å². The van der Waals surface area contributed by atoms with Crippen molar-refractivity contribution in [3.8, 4) is 0 Å². The fourth-order valence-corrected chi connectivity index (χ4v) is 2.64. The number of aromatic nitrogens is 1. The van der Waals surface area contributed by atoms with Crippen molar-refractivity contribution < 1.29 is 12.8 Å². The summed E-state index contributed by atoms with van der Waals surface area (Å²) in [5.41, 5.74) is -0.431. The van der Waals surface area contributed by atoms with Crippen LogP contribution in [-0.2, 0) is 10.0 Å². The molecule has 100 valence electrons. The molecule has 0 atom stereocenters. The number of hydrogen-bond donors (Lipinski definition) is 2. The molecule has 1 heterocycles. The van der Waals surface area contributed by atoms with Crippen LogP contribution in [0.5, 0.6) is 0 Å². The van der Waals surface area contributed by atoms with Crippen LogP contribution in [0.2, 0.25) is 0 Å². The second kappa shape index (κ2) is 4.85. The second-order valence-corrected chi connectivity index (χ2v) is 5.61. The molecule has 0 amide bonds. The SMILES string of the molecule is Cc1cc(S(=O)(=O)Nc2ccc[nH]c2=O)ccc1F. The van der Waals surface area contributed by atoms with Crippen molar-refractivity contribution in [2.24, 2.45) is 0 Å². The number of aromatic amines is 1. The Kier molecular flexibility index (Phi) is 3.39. The lowest BCUT2D eigenvalue weighted by Crippen LogP contribution is -2.19. The molecule has 19 heavy (non-hydrogen) atoms. The number of pyridine rings is 1. The molecule has 0 aliphatic carbocycles. The van der Waals surface area contributed by atoms with Crippen molar-refractivity contribution in [2.45, 2.75) is 11.8 Å². The Morgan fingerprint density at radius 2 is 2.00 bits per heavy atom. The molecule has 5 nitrogen and oxygen atoms in total. The van der Waals surface area contributed by atoms with Crippen LogP contribution in [0.25, 0.3) is 0 Å². The van der Waals surface area contributed by atoms with Crippen LogP contribution in [-0.4, -0.2) is 13.4 Å². The molecule has 0 spiro atoms. The highest BCUT2D eigenvalue weighted by atomic mass is 32.2. The lowest BCUT2D eigenvalue weighted by Gasteiger charge is -2.08. The van der Waals surface area contributed by atoms with Crippen LogP contribution in [0.3, 0.4) is 0 Å². The van der Waals surface area contributed by atoms with E-state index >= 15 is 0 Å². The number of sulfonamides is 1. The molecule has 0 aliphatic rings. The Morgan fingerprint density at radius 3 is 2.63 bits per heavy atom. The number of rotatable bonds is 3. The summed E-state index contributed by atoms with van der Waals surface area (Å²) < 4.78 is 39.3.